The third-order valence-corrected chi connectivity index (χ3v) is 8.34. The molecule has 0 atom stereocenters. The molecule has 0 saturated carbocycles. The minimum absolute atomic E-state index is 0.161. The monoisotopic (exact) mass is 545 g/mol. The van der Waals surface area contributed by atoms with E-state index in [1.165, 1.54) is 5.56 Å². The molecule has 2 aliphatic rings. The van der Waals surface area contributed by atoms with Crippen LogP contribution in [0, 0.1) is 12.3 Å². The number of rotatable bonds is 3. The van der Waals surface area contributed by atoms with E-state index in [0.717, 1.165) is 49.3 Å². The Bertz CT molecular complexity index is 1330. The van der Waals surface area contributed by atoms with Crippen molar-refractivity contribution in [3.05, 3.63) is 65.7 Å². The molecular formula is C31H39N5O4. The van der Waals surface area contributed by atoms with Crippen LogP contribution in [0.4, 0.5) is 0 Å². The molecule has 40 heavy (non-hydrogen) atoms. The smallest absolute Gasteiger partial charge is 0.293 e. The summed E-state index contributed by atoms with van der Waals surface area (Å²) in [6.45, 7) is 3.85. The van der Waals surface area contributed by atoms with E-state index < -0.39 is 5.41 Å². The van der Waals surface area contributed by atoms with Crippen LogP contribution < -0.4 is 9.47 Å². The normalized spacial score (nSPS) is 18.2. The summed E-state index contributed by atoms with van der Waals surface area (Å²) in [5, 5.41) is 4.52. The van der Waals surface area contributed by atoms with Crippen LogP contribution in [-0.4, -0.2) is 76.8 Å². The minimum Gasteiger partial charge on any atom is -0.497 e. The molecule has 3 aromatic rings. The molecule has 9 heteroatoms. The lowest BCUT2D eigenvalue weighted by molar-refractivity contribution is -0.144. The van der Waals surface area contributed by atoms with Gasteiger partial charge in [-0.1, -0.05) is 31.0 Å². The van der Waals surface area contributed by atoms with Gasteiger partial charge in [0.15, 0.2) is 0 Å². The second-order valence-electron chi connectivity index (χ2n) is 10.9. The molecule has 0 aliphatic carbocycles. The molecule has 1 fully saturated rings. The number of para-hydroxylation sites is 1. The van der Waals surface area contributed by atoms with E-state index in [4.69, 9.17) is 9.47 Å². The van der Waals surface area contributed by atoms with Gasteiger partial charge < -0.3 is 19.3 Å². The van der Waals surface area contributed by atoms with Crippen LogP contribution in [0.3, 0.4) is 0 Å². The molecule has 3 heterocycles. The third kappa shape index (κ3) is 5.83. The van der Waals surface area contributed by atoms with Crippen molar-refractivity contribution in [2.45, 2.75) is 51.9 Å². The first-order valence-electron chi connectivity index (χ1n) is 14.2. The van der Waals surface area contributed by atoms with Crippen LogP contribution in [-0.2, 0) is 11.2 Å². The number of methoxy groups -OCH3 is 1. The number of carbonyl (C=O) groups excluding carboxylic acids is 2. The molecule has 0 N–H and O–H groups in total. The van der Waals surface area contributed by atoms with E-state index in [0.29, 0.717) is 44.9 Å². The number of benzene rings is 2. The maximum atomic E-state index is 13.8. The molecule has 1 spiro atoms. The Kier molecular flexibility index (Phi) is 8.38. The van der Waals surface area contributed by atoms with Gasteiger partial charge >= 0.3 is 0 Å². The van der Waals surface area contributed by atoms with Crippen LogP contribution in [0.2, 0.25) is 0 Å². The Morgan fingerprint density at radius 1 is 0.975 bits per heavy atom. The lowest BCUT2D eigenvalue weighted by Crippen LogP contribution is -2.51. The first kappa shape index (κ1) is 27.7. The number of hydrogen-bond acceptors (Lipinski definition) is 6. The fourth-order valence-electron chi connectivity index (χ4n) is 5.90. The highest BCUT2D eigenvalue weighted by Crippen LogP contribution is 2.39. The fourth-order valence-corrected chi connectivity index (χ4v) is 5.90. The van der Waals surface area contributed by atoms with Gasteiger partial charge in [0.25, 0.3) is 5.91 Å². The summed E-state index contributed by atoms with van der Waals surface area (Å²) < 4.78 is 13.0. The fraction of sp³-hybridized carbons (Fsp3) is 0.484. The van der Waals surface area contributed by atoms with Crippen LogP contribution in [0.15, 0.2) is 48.5 Å². The molecule has 5 rings (SSSR count). The highest BCUT2D eigenvalue weighted by molar-refractivity contribution is 5.91. The van der Waals surface area contributed by atoms with Crippen molar-refractivity contribution in [3.8, 4) is 17.2 Å². The van der Waals surface area contributed by atoms with E-state index >= 15 is 0 Å². The van der Waals surface area contributed by atoms with Gasteiger partial charge in [0.05, 0.1) is 24.8 Å². The summed E-state index contributed by atoms with van der Waals surface area (Å²) in [5.74, 6) is 2.45. The molecule has 212 valence electrons. The van der Waals surface area contributed by atoms with Crippen molar-refractivity contribution < 1.29 is 19.1 Å². The quantitative estimate of drug-likeness (QED) is 0.483. The summed E-state index contributed by atoms with van der Waals surface area (Å²) in [6.07, 6.45) is 6.20. The molecule has 0 unspecified atom stereocenters. The number of nitrogens with zero attached hydrogens (tertiary/aromatic N) is 5. The molecular weight excluding hydrogens is 506 g/mol. The summed E-state index contributed by atoms with van der Waals surface area (Å²) in [6, 6.07) is 15.7. The topological polar surface area (TPSA) is 89.8 Å². The van der Waals surface area contributed by atoms with E-state index in [1.54, 1.807) is 16.7 Å². The first-order chi connectivity index (χ1) is 19.4. The number of likely N-dealkylation sites (N-methyl/N-ethyl adjacent to an activating group) is 1. The van der Waals surface area contributed by atoms with Crippen molar-refractivity contribution >= 4 is 11.8 Å². The molecule has 0 radical (unpaired) electrons. The van der Waals surface area contributed by atoms with Crippen molar-refractivity contribution in [2.24, 2.45) is 5.41 Å². The van der Waals surface area contributed by atoms with E-state index in [1.807, 2.05) is 55.3 Å². The largest absolute Gasteiger partial charge is 0.497 e. The number of piperidine rings is 1. The molecule has 2 amide bonds. The van der Waals surface area contributed by atoms with Crippen LogP contribution in [0.1, 0.15) is 60.5 Å². The van der Waals surface area contributed by atoms with Crippen molar-refractivity contribution in [2.75, 3.05) is 40.4 Å². The number of likely N-dealkylation sites (tertiary alicyclic amines) is 1. The highest BCUT2D eigenvalue weighted by Gasteiger charge is 2.43. The number of aromatic nitrogens is 3. The lowest BCUT2D eigenvalue weighted by atomic mass is 9.73. The van der Waals surface area contributed by atoms with E-state index in [2.05, 4.69) is 22.2 Å². The molecule has 1 saturated heterocycles. The van der Waals surface area contributed by atoms with Crippen molar-refractivity contribution in [1.29, 1.82) is 0 Å². The Balaban J connectivity index is 1.26. The van der Waals surface area contributed by atoms with Gasteiger partial charge in [-0.2, -0.15) is 0 Å². The summed E-state index contributed by atoms with van der Waals surface area (Å²) in [5.41, 5.74) is 1.58. The number of amides is 2. The van der Waals surface area contributed by atoms with E-state index in [-0.39, 0.29) is 17.6 Å². The molecule has 1 aromatic heterocycles. The zero-order valence-electron chi connectivity index (χ0n) is 23.8. The Labute approximate surface area is 236 Å². The van der Waals surface area contributed by atoms with E-state index in [9.17, 15) is 9.59 Å². The third-order valence-electron chi connectivity index (χ3n) is 8.34. The number of fused-ring (bicyclic) bond motifs is 1. The second kappa shape index (κ2) is 12.1. The zero-order chi connectivity index (χ0) is 28.1. The summed E-state index contributed by atoms with van der Waals surface area (Å²) in [4.78, 5) is 35.3. The van der Waals surface area contributed by atoms with Crippen LogP contribution in [0.25, 0.3) is 5.69 Å². The summed E-state index contributed by atoms with van der Waals surface area (Å²) >= 11 is 0. The average Bonchev–Trinajstić information content (AvgIpc) is 3.38. The van der Waals surface area contributed by atoms with Gasteiger partial charge in [-0.05, 0) is 74.9 Å². The Morgan fingerprint density at radius 3 is 2.48 bits per heavy atom. The van der Waals surface area contributed by atoms with Gasteiger partial charge in [-0.3, -0.25) is 9.59 Å². The molecule has 2 aromatic carbocycles. The van der Waals surface area contributed by atoms with Gasteiger partial charge in [0.1, 0.15) is 23.9 Å². The van der Waals surface area contributed by atoms with Gasteiger partial charge in [0.2, 0.25) is 11.7 Å². The number of hydrogen-bond donors (Lipinski definition) is 0. The van der Waals surface area contributed by atoms with Crippen LogP contribution in [0.5, 0.6) is 11.5 Å². The molecule has 9 nitrogen and oxygen atoms in total. The Hall–Kier alpha value is -3.88. The highest BCUT2D eigenvalue weighted by atomic mass is 16.5. The first-order valence-corrected chi connectivity index (χ1v) is 14.2. The van der Waals surface area contributed by atoms with Gasteiger partial charge in [-0.15, -0.1) is 5.10 Å². The lowest BCUT2D eigenvalue weighted by Gasteiger charge is -2.42. The number of aryl methyl sites for hydroxylation is 2. The Morgan fingerprint density at radius 2 is 1.73 bits per heavy atom. The predicted molar refractivity (Wildman–Crippen MR) is 152 cm³/mol. The number of carbonyl (C=O) groups is 2. The van der Waals surface area contributed by atoms with Gasteiger partial charge in [0, 0.05) is 20.1 Å². The maximum Gasteiger partial charge on any atom is 0.293 e. The zero-order valence-corrected chi connectivity index (χ0v) is 23.8. The average molecular weight is 546 g/mol. The molecule has 2 aliphatic heterocycles. The maximum absolute atomic E-state index is 13.8. The minimum atomic E-state index is -0.460. The standard InChI is InChI=1S/C31H39N5O4/c1-23-32-28(33-36(23)25-12-14-26(39-3)15-13-25)29(37)35-19-17-31(18-20-35)16-8-4-5-9-24-10-6-7-11-27(24)40-22-21-34(2)30(31)38/h6-7,10-15H,4-5,8-9,16-22H2,1-3H3. The van der Waals surface area contributed by atoms with Crippen LogP contribution >= 0.6 is 0 Å². The molecule has 0 bridgehead atoms. The van der Waals surface area contributed by atoms with Gasteiger partial charge in [-0.25, -0.2) is 9.67 Å². The summed E-state index contributed by atoms with van der Waals surface area (Å²) in [7, 11) is 3.49. The SMILES string of the molecule is COc1ccc(-n2nc(C(=O)N3CCC4(CCCCCc5ccccc5OCCN(C)C4=O)CC3)nc2C)cc1. The predicted octanol–water partition coefficient (Wildman–Crippen LogP) is 4.46. The van der Waals surface area contributed by atoms with Crippen molar-refractivity contribution in [3.63, 3.8) is 0 Å². The second-order valence-corrected chi connectivity index (χ2v) is 10.9. The van der Waals surface area contributed by atoms with Crippen molar-refractivity contribution in [1.82, 2.24) is 24.6 Å². The number of ether oxygens (including phenoxy) is 2.